The zero-order chi connectivity index (χ0) is 16.9. The normalized spacial score (nSPS) is 22.1. The molecule has 6 heteroatoms. The highest BCUT2D eigenvalue weighted by atomic mass is 35.5. The molecule has 1 aliphatic rings. The minimum atomic E-state index is -0.479. The van der Waals surface area contributed by atoms with E-state index in [1.54, 1.807) is 12.4 Å². The van der Waals surface area contributed by atoms with Crippen LogP contribution in [0.3, 0.4) is 0 Å². The van der Waals surface area contributed by atoms with E-state index < -0.39 is 6.10 Å². The topological polar surface area (TPSA) is 58.5 Å². The maximum absolute atomic E-state index is 10.4. The smallest absolute Gasteiger partial charge is 0.141 e. The summed E-state index contributed by atoms with van der Waals surface area (Å²) >= 11 is 5.88. The number of aromatic nitrogens is 2. The zero-order valence-corrected chi connectivity index (χ0v) is 14.5. The maximum Gasteiger partial charge on any atom is 0.141 e. The number of aliphatic hydroxyl groups is 1. The number of hydrogen-bond acceptors (Lipinski definition) is 5. The number of hydrogen-bond donors (Lipinski definition) is 1. The fourth-order valence-corrected chi connectivity index (χ4v) is 3.01. The van der Waals surface area contributed by atoms with E-state index in [1.807, 2.05) is 31.2 Å². The highest BCUT2D eigenvalue weighted by molar-refractivity contribution is 6.30. The van der Waals surface area contributed by atoms with Crippen LogP contribution in [0.1, 0.15) is 24.2 Å². The van der Waals surface area contributed by atoms with E-state index in [0.717, 1.165) is 43.2 Å². The van der Waals surface area contributed by atoms with Gasteiger partial charge in [-0.1, -0.05) is 11.6 Å². The minimum absolute atomic E-state index is 0.212. The number of ether oxygens (including phenoxy) is 1. The largest absolute Gasteiger partial charge is 0.486 e. The van der Waals surface area contributed by atoms with Gasteiger partial charge in [-0.15, -0.1) is 0 Å². The van der Waals surface area contributed by atoms with Crippen LogP contribution in [-0.4, -0.2) is 45.3 Å². The van der Waals surface area contributed by atoms with Crippen molar-refractivity contribution < 1.29 is 9.84 Å². The van der Waals surface area contributed by atoms with Gasteiger partial charge < -0.3 is 9.84 Å². The van der Waals surface area contributed by atoms with E-state index in [4.69, 9.17) is 16.3 Å². The van der Waals surface area contributed by atoms with E-state index >= 15 is 0 Å². The van der Waals surface area contributed by atoms with Crippen molar-refractivity contribution in [2.75, 3.05) is 13.1 Å². The first-order valence-corrected chi connectivity index (χ1v) is 8.59. The van der Waals surface area contributed by atoms with Crippen molar-refractivity contribution in [3.8, 4) is 5.75 Å². The Morgan fingerprint density at radius 2 is 2.08 bits per heavy atom. The van der Waals surface area contributed by atoms with Gasteiger partial charge in [0.2, 0.25) is 0 Å². The van der Waals surface area contributed by atoms with Gasteiger partial charge in [-0.3, -0.25) is 14.9 Å². The molecule has 0 amide bonds. The average molecular weight is 348 g/mol. The number of likely N-dealkylation sites (tertiary alicyclic amines) is 1. The summed E-state index contributed by atoms with van der Waals surface area (Å²) < 4.78 is 6.02. The zero-order valence-electron chi connectivity index (χ0n) is 13.7. The fourth-order valence-electron chi connectivity index (χ4n) is 2.90. The van der Waals surface area contributed by atoms with Crippen LogP contribution in [0.15, 0.2) is 36.7 Å². The van der Waals surface area contributed by atoms with Gasteiger partial charge in [0.25, 0.3) is 0 Å². The summed E-state index contributed by atoms with van der Waals surface area (Å²) in [7, 11) is 0. The lowest BCUT2D eigenvalue weighted by Gasteiger charge is -2.22. The number of halogens is 1. The average Bonchev–Trinajstić information content (AvgIpc) is 2.75. The van der Waals surface area contributed by atoms with E-state index in [-0.39, 0.29) is 6.10 Å². The number of nitrogens with zero attached hydrogens (tertiary/aromatic N) is 3. The van der Waals surface area contributed by atoms with Gasteiger partial charge in [-0.25, -0.2) is 0 Å². The Kier molecular flexibility index (Phi) is 5.66. The lowest BCUT2D eigenvalue weighted by Crippen LogP contribution is -2.31. The van der Waals surface area contributed by atoms with Gasteiger partial charge in [-0.05, 0) is 44.0 Å². The molecule has 0 bridgehead atoms. The number of aliphatic hydroxyl groups excluding tert-OH is 1. The lowest BCUT2D eigenvalue weighted by molar-refractivity contribution is 0.0343. The second kappa shape index (κ2) is 7.92. The van der Waals surface area contributed by atoms with Gasteiger partial charge in [0, 0.05) is 32.0 Å². The minimum Gasteiger partial charge on any atom is -0.486 e. The first-order chi connectivity index (χ1) is 11.6. The SMILES string of the molecule is Cc1ncccc1O[C@H]1CCN(Cc2ccc(Cl)cn2)CC[C@@H]1O. The highest BCUT2D eigenvalue weighted by Gasteiger charge is 2.27. The van der Waals surface area contributed by atoms with E-state index in [9.17, 15) is 5.11 Å². The molecule has 1 N–H and O–H groups in total. The molecule has 2 aromatic rings. The Morgan fingerprint density at radius 1 is 1.25 bits per heavy atom. The molecule has 1 aliphatic heterocycles. The number of rotatable bonds is 4. The Hall–Kier alpha value is -1.69. The molecule has 2 atom stereocenters. The first-order valence-electron chi connectivity index (χ1n) is 8.21. The molecule has 1 fully saturated rings. The molecule has 0 spiro atoms. The Balaban J connectivity index is 1.60. The molecule has 0 saturated carbocycles. The molecular formula is C18H22ClN3O2. The van der Waals surface area contributed by atoms with Crippen LogP contribution in [0.2, 0.25) is 5.02 Å². The van der Waals surface area contributed by atoms with Gasteiger partial charge in [-0.2, -0.15) is 0 Å². The molecule has 5 nitrogen and oxygen atoms in total. The van der Waals surface area contributed by atoms with Gasteiger partial charge in [0.15, 0.2) is 0 Å². The molecule has 0 aromatic carbocycles. The second-order valence-corrected chi connectivity index (χ2v) is 6.57. The third kappa shape index (κ3) is 4.44. The van der Waals surface area contributed by atoms with Gasteiger partial charge in [0.1, 0.15) is 11.9 Å². The van der Waals surface area contributed by atoms with Crippen molar-refractivity contribution in [3.63, 3.8) is 0 Å². The Bertz CT molecular complexity index is 666. The molecule has 128 valence electrons. The molecule has 24 heavy (non-hydrogen) atoms. The summed E-state index contributed by atoms with van der Waals surface area (Å²) in [6.45, 7) is 4.34. The lowest BCUT2D eigenvalue weighted by atomic mass is 10.1. The summed E-state index contributed by atoms with van der Waals surface area (Å²) in [6, 6.07) is 7.55. The Morgan fingerprint density at radius 3 is 2.83 bits per heavy atom. The third-order valence-electron chi connectivity index (χ3n) is 4.31. The molecule has 3 rings (SSSR count). The number of pyridine rings is 2. The fraction of sp³-hybridized carbons (Fsp3) is 0.444. The third-order valence-corrected chi connectivity index (χ3v) is 4.53. The maximum atomic E-state index is 10.4. The van der Waals surface area contributed by atoms with Gasteiger partial charge >= 0.3 is 0 Å². The monoisotopic (exact) mass is 347 g/mol. The predicted octanol–water partition coefficient (Wildman–Crippen LogP) is 2.84. The molecule has 0 radical (unpaired) electrons. The molecule has 0 aliphatic carbocycles. The van der Waals surface area contributed by atoms with Crippen LogP contribution in [0.25, 0.3) is 0 Å². The highest BCUT2D eigenvalue weighted by Crippen LogP contribution is 2.22. The van der Waals surface area contributed by atoms with Crippen LogP contribution in [0, 0.1) is 6.92 Å². The van der Waals surface area contributed by atoms with Crippen molar-refractivity contribution in [2.45, 2.75) is 38.5 Å². The van der Waals surface area contributed by atoms with Crippen molar-refractivity contribution in [1.29, 1.82) is 0 Å². The molecule has 3 heterocycles. The van der Waals surface area contributed by atoms with E-state index in [2.05, 4.69) is 14.9 Å². The number of aryl methyl sites for hydroxylation is 1. The summed E-state index contributed by atoms with van der Waals surface area (Å²) in [5, 5.41) is 11.1. The summed E-state index contributed by atoms with van der Waals surface area (Å²) in [4.78, 5) is 10.9. The van der Waals surface area contributed by atoms with Crippen LogP contribution >= 0.6 is 11.6 Å². The van der Waals surface area contributed by atoms with E-state index in [0.29, 0.717) is 11.4 Å². The van der Waals surface area contributed by atoms with Crippen molar-refractivity contribution in [3.05, 3.63) is 53.1 Å². The van der Waals surface area contributed by atoms with Crippen LogP contribution < -0.4 is 4.74 Å². The molecule has 1 saturated heterocycles. The van der Waals surface area contributed by atoms with Crippen molar-refractivity contribution in [2.24, 2.45) is 0 Å². The quantitative estimate of drug-likeness (QED) is 0.921. The predicted molar refractivity (Wildman–Crippen MR) is 93.2 cm³/mol. The van der Waals surface area contributed by atoms with Crippen molar-refractivity contribution in [1.82, 2.24) is 14.9 Å². The van der Waals surface area contributed by atoms with Crippen LogP contribution in [0.5, 0.6) is 5.75 Å². The first kappa shape index (κ1) is 17.1. The molecule has 0 unspecified atom stereocenters. The summed E-state index contributed by atoms with van der Waals surface area (Å²) in [5.41, 5.74) is 1.83. The van der Waals surface area contributed by atoms with Crippen LogP contribution in [-0.2, 0) is 6.54 Å². The standard InChI is InChI=1S/C18H22ClN3O2/c1-13-17(3-2-8-20-13)24-18-7-10-22(9-6-16(18)23)12-15-5-4-14(19)11-21-15/h2-5,8,11,16,18,23H,6-7,9-10,12H2,1H3/t16-,18-/m0/s1. The molecule has 2 aromatic heterocycles. The van der Waals surface area contributed by atoms with Gasteiger partial charge in [0.05, 0.1) is 22.5 Å². The van der Waals surface area contributed by atoms with Crippen LogP contribution in [0.4, 0.5) is 0 Å². The summed E-state index contributed by atoms with van der Waals surface area (Å²) in [6.07, 6.45) is 4.16. The summed E-state index contributed by atoms with van der Waals surface area (Å²) in [5.74, 6) is 0.745. The second-order valence-electron chi connectivity index (χ2n) is 6.13. The molecular weight excluding hydrogens is 326 g/mol. The van der Waals surface area contributed by atoms with Crippen molar-refractivity contribution >= 4 is 11.6 Å². The Labute approximate surface area is 147 Å². The van der Waals surface area contributed by atoms with E-state index in [1.165, 1.54) is 0 Å².